The normalized spacial score (nSPS) is 11.8. The molecule has 3 rings (SSSR count). The number of anilines is 1. The van der Waals surface area contributed by atoms with Crippen LogP contribution in [0.1, 0.15) is 20.3 Å². The molecule has 1 aromatic heterocycles. The van der Waals surface area contributed by atoms with Crippen molar-refractivity contribution in [3.8, 4) is 0 Å². The molecule has 0 amide bonds. The van der Waals surface area contributed by atoms with Crippen molar-refractivity contribution in [3.63, 3.8) is 0 Å². The second-order valence-electron chi connectivity index (χ2n) is 6.92. The maximum absolute atomic E-state index is 12.3. The summed E-state index contributed by atoms with van der Waals surface area (Å²) in [6.07, 6.45) is 2.49. The van der Waals surface area contributed by atoms with Gasteiger partial charge in [0.05, 0.1) is 27.2 Å². The van der Waals surface area contributed by atoms with Crippen LogP contribution in [0, 0.1) is 10.1 Å². The summed E-state index contributed by atoms with van der Waals surface area (Å²) in [6, 6.07) is 11.4. The lowest BCUT2D eigenvalue weighted by atomic mass is 10.2. The molecule has 0 aliphatic carbocycles. The number of benzene rings is 2. The van der Waals surface area contributed by atoms with Crippen LogP contribution in [0.2, 0.25) is 0 Å². The highest BCUT2D eigenvalue weighted by Crippen LogP contribution is 2.27. The van der Waals surface area contributed by atoms with Gasteiger partial charge in [0.15, 0.2) is 0 Å². The fourth-order valence-electron chi connectivity index (χ4n) is 3.02. The van der Waals surface area contributed by atoms with Gasteiger partial charge in [-0.3, -0.25) is 10.1 Å². The zero-order valence-corrected chi connectivity index (χ0v) is 17.0. The third-order valence-corrected chi connectivity index (χ3v) is 5.94. The summed E-state index contributed by atoms with van der Waals surface area (Å²) in [5.41, 5.74) is 1.97. The molecule has 0 unspecified atom stereocenters. The third kappa shape index (κ3) is 4.90. The van der Waals surface area contributed by atoms with Gasteiger partial charge in [0.1, 0.15) is 5.69 Å². The predicted molar refractivity (Wildman–Crippen MR) is 111 cm³/mol. The number of para-hydroxylation sites is 2. The van der Waals surface area contributed by atoms with E-state index in [2.05, 4.69) is 15.0 Å². The zero-order valence-electron chi connectivity index (χ0n) is 16.2. The molecule has 0 aliphatic rings. The third-order valence-electron chi connectivity index (χ3n) is 4.29. The summed E-state index contributed by atoms with van der Waals surface area (Å²) in [5.74, 6) is 0. The van der Waals surface area contributed by atoms with Crippen LogP contribution >= 0.6 is 0 Å². The van der Waals surface area contributed by atoms with Crippen LogP contribution in [0.15, 0.2) is 53.7 Å². The van der Waals surface area contributed by atoms with E-state index in [4.69, 9.17) is 0 Å². The number of hydrogen-bond acceptors (Lipinski definition) is 6. The standard InChI is InChI=1S/C19H23N5O4S/c1-14(2)22-29(27,28)15-8-9-17(19(12-15)24(25)26)20-10-5-11-23-13-21-16-6-3-4-7-18(16)23/h3-4,6-9,12-14,20,22H,5,10-11H2,1-2H3. The number of aryl methyl sites for hydroxylation is 1. The van der Waals surface area contributed by atoms with Crippen molar-refractivity contribution in [2.24, 2.45) is 0 Å². The molecular weight excluding hydrogens is 394 g/mol. The Balaban J connectivity index is 1.68. The first-order valence-corrected chi connectivity index (χ1v) is 10.7. The topological polar surface area (TPSA) is 119 Å². The second kappa shape index (κ2) is 8.58. The van der Waals surface area contributed by atoms with Crippen LogP contribution in [0.3, 0.4) is 0 Å². The van der Waals surface area contributed by atoms with Gasteiger partial charge in [0.25, 0.3) is 5.69 Å². The largest absolute Gasteiger partial charge is 0.379 e. The lowest BCUT2D eigenvalue weighted by Gasteiger charge is -2.12. The molecule has 29 heavy (non-hydrogen) atoms. The first kappa shape index (κ1) is 20.7. The number of fused-ring (bicyclic) bond motifs is 1. The summed E-state index contributed by atoms with van der Waals surface area (Å²) >= 11 is 0. The summed E-state index contributed by atoms with van der Waals surface area (Å²) in [6.45, 7) is 4.56. The van der Waals surface area contributed by atoms with Crippen molar-refractivity contribution >= 4 is 32.4 Å². The lowest BCUT2D eigenvalue weighted by Crippen LogP contribution is -2.30. The summed E-state index contributed by atoms with van der Waals surface area (Å²) in [5, 5.41) is 14.5. The smallest absolute Gasteiger partial charge is 0.293 e. The molecule has 0 fully saturated rings. The summed E-state index contributed by atoms with van der Waals surface area (Å²) in [7, 11) is -3.80. The van der Waals surface area contributed by atoms with Crippen molar-refractivity contribution < 1.29 is 13.3 Å². The van der Waals surface area contributed by atoms with Crippen LogP contribution < -0.4 is 10.0 Å². The lowest BCUT2D eigenvalue weighted by molar-refractivity contribution is -0.384. The van der Waals surface area contributed by atoms with Crippen molar-refractivity contribution in [1.29, 1.82) is 0 Å². The van der Waals surface area contributed by atoms with Crippen molar-refractivity contribution in [2.75, 3.05) is 11.9 Å². The van der Waals surface area contributed by atoms with E-state index in [1.165, 1.54) is 12.1 Å². The molecule has 0 spiro atoms. The minimum Gasteiger partial charge on any atom is -0.379 e. The quantitative estimate of drug-likeness (QED) is 0.314. The summed E-state index contributed by atoms with van der Waals surface area (Å²) < 4.78 is 29.0. The van der Waals surface area contributed by atoms with Gasteiger partial charge < -0.3 is 9.88 Å². The number of nitrogens with one attached hydrogen (secondary N) is 2. The van der Waals surface area contributed by atoms with Gasteiger partial charge in [-0.25, -0.2) is 18.1 Å². The number of nitro benzene ring substituents is 1. The fraction of sp³-hybridized carbons (Fsp3) is 0.316. The Labute approximate surface area is 169 Å². The van der Waals surface area contributed by atoms with Crippen molar-refractivity contribution in [1.82, 2.24) is 14.3 Å². The number of nitro groups is 1. The van der Waals surface area contributed by atoms with E-state index < -0.39 is 14.9 Å². The van der Waals surface area contributed by atoms with E-state index in [9.17, 15) is 18.5 Å². The highest BCUT2D eigenvalue weighted by atomic mass is 32.2. The maximum Gasteiger partial charge on any atom is 0.293 e. The van der Waals surface area contributed by atoms with Gasteiger partial charge in [-0.15, -0.1) is 0 Å². The van der Waals surface area contributed by atoms with E-state index in [1.807, 2.05) is 28.8 Å². The molecule has 0 aliphatic heterocycles. The average Bonchev–Trinajstić information content (AvgIpc) is 3.07. The second-order valence-corrected chi connectivity index (χ2v) is 8.63. The minimum absolute atomic E-state index is 0.131. The zero-order chi connectivity index (χ0) is 21.0. The number of rotatable bonds is 9. The average molecular weight is 417 g/mol. The number of hydrogen-bond donors (Lipinski definition) is 2. The van der Waals surface area contributed by atoms with Crippen LogP contribution in [0.25, 0.3) is 11.0 Å². The molecule has 3 aromatic rings. The Bertz CT molecular complexity index is 1120. The Morgan fingerprint density at radius 1 is 1.21 bits per heavy atom. The first-order valence-electron chi connectivity index (χ1n) is 9.22. The molecule has 0 radical (unpaired) electrons. The number of imidazole rings is 1. The Morgan fingerprint density at radius 2 is 1.97 bits per heavy atom. The van der Waals surface area contributed by atoms with Gasteiger partial charge in [0, 0.05) is 25.2 Å². The molecule has 1 heterocycles. The van der Waals surface area contributed by atoms with Gasteiger partial charge in [-0.05, 0) is 44.5 Å². The van der Waals surface area contributed by atoms with Gasteiger partial charge >= 0.3 is 0 Å². The molecule has 9 nitrogen and oxygen atoms in total. The number of sulfonamides is 1. The van der Waals surface area contributed by atoms with E-state index in [1.54, 1.807) is 20.2 Å². The molecule has 2 aromatic carbocycles. The molecule has 154 valence electrons. The van der Waals surface area contributed by atoms with Crippen LogP contribution in [0.5, 0.6) is 0 Å². The summed E-state index contributed by atoms with van der Waals surface area (Å²) in [4.78, 5) is 15.0. The maximum atomic E-state index is 12.3. The molecule has 0 saturated heterocycles. The Kier molecular flexibility index (Phi) is 6.14. The van der Waals surface area contributed by atoms with Crippen LogP contribution in [0.4, 0.5) is 11.4 Å². The van der Waals surface area contributed by atoms with Gasteiger partial charge in [-0.2, -0.15) is 0 Å². The van der Waals surface area contributed by atoms with Gasteiger partial charge in [-0.1, -0.05) is 12.1 Å². The van der Waals surface area contributed by atoms with E-state index in [0.29, 0.717) is 19.5 Å². The van der Waals surface area contributed by atoms with E-state index in [-0.39, 0.29) is 22.3 Å². The molecule has 2 N–H and O–H groups in total. The van der Waals surface area contributed by atoms with Crippen LogP contribution in [-0.2, 0) is 16.6 Å². The van der Waals surface area contributed by atoms with Crippen LogP contribution in [-0.4, -0.2) is 35.5 Å². The monoisotopic (exact) mass is 417 g/mol. The Hall–Kier alpha value is -2.98. The predicted octanol–water partition coefficient (Wildman–Crippen LogP) is 3.13. The highest BCUT2D eigenvalue weighted by Gasteiger charge is 2.21. The molecule has 0 atom stereocenters. The first-order chi connectivity index (χ1) is 13.8. The van der Waals surface area contributed by atoms with E-state index >= 15 is 0 Å². The molecule has 0 saturated carbocycles. The SMILES string of the molecule is CC(C)NS(=O)(=O)c1ccc(NCCCn2cnc3ccccc32)c([N+](=O)[O-])c1. The van der Waals surface area contributed by atoms with E-state index in [0.717, 1.165) is 17.1 Å². The van der Waals surface area contributed by atoms with Gasteiger partial charge in [0.2, 0.25) is 10.0 Å². The minimum atomic E-state index is -3.80. The molecular formula is C19H23N5O4S. The number of nitrogens with zero attached hydrogens (tertiary/aromatic N) is 3. The Morgan fingerprint density at radius 3 is 2.69 bits per heavy atom. The molecule has 0 bridgehead atoms. The van der Waals surface area contributed by atoms with Crippen molar-refractivity contribution in [2.45, 2.75) is 37.8 Å². The number of aromatic nitrogens is 2. The van der Waals surface area contributed by atoms with Crippen molar-refractivity contribution in [3.05, 3.63) is 58.9 Å². The molecule has 10 heteroatoms. The highest BCUT2D eigenvalue weighted by molar-refractivity contribution is 7.89. The fourth-order valence-corrected chi connectivity index (χ4v) is 4.29.